The van der Waals surface area contributed by atoms with E-state index in [0.717, 1.165) is 5.56 Å². The van der Waals surface area contributed by atoms with Crippen molar-refractivity contribution in [1.82, 2.24) is 15.4 Å². The van der Waals surface area contributed by atoms with Gasteiger partial charge in [-0.05, 0) is 43.8 Å². The molecular weight excluding hydrogens is 390 g/mol. The molecule has 1 amide bonds. The summed E-state index contributed by atoms with van der Waals surface area (Å²) in [6, 6.07) is 10.3. The van der Waals surface area contributed by atoms with Gasteiger partial charge in [0.15, 0.2) is 10.9 Å². The molecule has 0 radical (unpaired) electrons. The molecule has 1 aliphatic heterocycles. The fourth-order valence-electron chi connectivity index (χ4n) is 3.17. The van der Waals surface area contributed by atoms with Crippen molar-refractivity contribution in [2.45, 2.75) is 19.9 Å². The van der Waals surface area contributed by atoms with Crippen LogP contribution >= 0.6 is 12.2 Å². The number of hydrogen-bond acceptors (Lipinski definition) is 6. The smallest absolute Gasteiger partial charge is 0.257 e. The monoisotopic (exact) mass is 411 g/mol. The van der Waals surface area contributed by atoms with Crippen LogP contribution in [0.4, 0.5) is 5.82 Å². The number of amides is 1. The van der Waals surface area contributed by atoms with E-state index in [1.807, 2.05) is 17.9 Å². The van der Waals surface area contributed by atoms with Gasteiger partial charge in [0.05, 0.1) is 29.9 Å². The van der Waals surface area contributed by atoms with Gasteiger partial charge in [0.1, 0.15) is 5.76 Å². The number of aryl methyl sites for hydroxylation is 1. The molecule has 0 saturated heterocycles. The maximum atomic E-state index is 13.2. The Morgan fingerprint density at radius 2 is 2.24 bits per heavy atom. The van der Waals surface area contributed by atoms with Crippen LogP contribution < -0.4 is 10.6 Å². The number of carbonyl (C=O) groups is 1. The van der Waals surface area contributed by atoms with Gasteiger partial charge in [0, 0.05) is 25.4 Å². The molecule has 1 atom stereocenters. The van der Waals surface area contributed by atoms with Crippen molar-refractivity contribution in [2.24, 2.45) is 0 Å². The number of ether oxygens (including phenoxy) is 1. The van der Waals surface area contributed by atoms with Gasteiger partial charge in [-0.1, -0.05) is 17.3 Å². The number of nitrogens with one attached hydrogen (secondary N) is 2. The van der Waals surface area contributed by atoms with Crippen LogP contribution in [-0.4, -0.2) is 41.3 Å². The predicted octanol–water partition coefficient (Wildman–Crippen LogP) is 2.65. The van der Waals surface area contributed by atoms with Gasteiger partial charge in [-0.25, -0.2) is 0 Å². The summed E-state index contributed by atoms with van der Waals surface area (Å²) >= 11 is 5.53. The zero-order chi connectivity index (χ0) is 21.0. The van der Waals surface area contributed by atoms with Crippen molar-refractivity contribution >= 4 is 29.1 Å². The Morgan fingerprint density at radius 1 is 1.45 bits per heavy atom. The number of allylic oxidation sites excluding steroid dienone is 1. The Labute approximate surface area is 174 Å². The molecule has 0 bridgehead atoms. The van der Waals surface area contributed by atoms with Crippen molar-refractivity contribution in [2.75, 3.05) is 25.6 Å². The van der Waals surface area contributed by atoms with Crippen molar-refractivity contribution in [3.63, 3.8) is 0 Å². The number of rotatable bonds is 6. The van der Waals surface area contributed by atoms with Gasteiger partial charge in [0.2, 0.25) is 0 Å². The van der Waals surface area contributed by atoms with E-state index < -0.39 is 6.04 Å². The quantitative estimate of drug-likeness (QED) is 0.700. The minimum atomic E-state index is -0.511. The topological polar surface area (TPSA) is 103 Å². The predicted molar refractivity (Wildman–Crippen MR) is 111 cm³/mol. The third kappa shape index (κ3) is 4.45. The molecule has 0 fully saturated rings. The summed E-state index contributed by atoms with van der Waals surface area (Å²) in [4.78, 5) is 15.0. The van der Waals surface area contributed by atoms with Crippen LogP contribution in [0.3, 0.4) is 0 Å². The molecule has 1 aromatic carbocycles. The van der Waals surface area contributed by atoms with E-state index in [1.165, 1.54) is 0 Å². The first-order valence-electron chi connectivity index (χ1n) is 8.97. The maximum Gasteiger partial charge on any atom is 0.257 e. The van der Waals surface area contributed by atoms with Crippen molar-refractivity contribution in [1.29, 1.82) is 5.26 Å². The second-order valence-corrected chi connectivity index (χ2v) is 6.93. The number of anilines is 1. The van der Waals surface area contributed by atoms with Crippen LogP contribution in [0.25, 0.3) is 0 Å². The molecule has 0 aliphatic carbocycles. The summed E-state index contributed by atoms with van der Waals surface area (Å²) in [6.45, 7) is 4.54. The van der Waals surface area contributed by atoms with Crippen molar-refractivity contribution < 1.29 is 14.1 Å². The molecule has 1 aliphatic rings. The number of carbonyl (C=O) groups excluding carboxylic acids is 1. The Morgan fingerprint density at radius 3 is 2.90 bits per heavy atom. The Kier molecular flexibility index (Phi) is 6.26. The summed E-state index contributed by atoms with van der Waals surface area (Å²) in [6.07, 6.45) is 0. The highest BCUT2D eigenvalue weighted by molar-refractivity contribution is 7.80. The lowest BCUT2D eigenvalue weighted by Crippen LogP contribution is -2.49. The minimum Gasteiger partial charge on any atom is -0.383 e. The number of aromatic nitrogens is 1. The fraction of sp³-hybridized carbons (Fsp3) is 0.300. The summed E-state index contributed by atoms with van der Waals surface area (Å²) in [7, 11) is 1.61. The molecule has 150 valence electrons. The highest BCUT2D eigenvalue weighted by Gasteiger charge is 2.34. The lowest BCUT2D eigenvalue weighted by molar-refractivity contribution is -0.113. The van der Waals surface area contributed by atoms with E-state index in [0.29, 0.717) is 46.7 Å². The second kappa shape index (κ2) is 8.86. The summed E-state index contributed by atoms with van der Waals surface area (Å²) in [5.41, 5.74) is 2.45. The zero-order valence-corrected chi connectivity index (χ0v) is 17.2. The van der Waals surface area contributed by atoms with E-state index in [9.17, 15) is 10.1 Å². The van der Waals surface area contributed by atoms with Crippen LogP contribution in [0.15, 0.2) is 46.1 Å². The van der Waals surface area contributed by atoms with Crippen LogP contribution in [0, 0.1) is 18.3 Å². The van der Waals surface area contributed by atoms with E-state index >= 15 is 0 Å². The molecule has 1 aromatic heterocycles. The van der Waals surface area contributed by atoms with Crippen molar-refractivity contribution in [3.05, 3.63) is 58.5 Å². The van der Waals surface area contributed by atoms with Gasteiger partial charge in [-0.2, -0.15) is 5.26 Å². The number of thiocarbonyl (C=S) groups is 1. The lowest BCUT2D eigenvalue weighted by atomic mass is 9.93. The molecular formula is C20H21N5O3S. The van der Waals surface area contributed by atoms with Crippen molar-refractivity contribution in [3.8, 4) is 6.07 Å². The average Bonchev–Trinajstić information content (AvgIpc) is 3.11. The number of hydrogen-bond donors (Lipinski definition) is 2. The third-order valence-corrected chi connectivity index (χ3v) is 4.92. The lowest BCUT2D eigenvalue weighted by Gasteiger charge is -2.37. The number of methoxy groups -OCH3 is 1. The Hall–Kier alpha value is -3.22. The standard InChI is InChI=1S/C20H21N5O3S/c1-12-9-16(24-28-12)22-19(26)17-13(2)25(7-8-27-3)20(29)23-18(17)15-6-4-5-14(10-15)11-21/h4-6,9-10,18H,7-8H2,1-3H3,(H,23,29)(H,22,24,26)/t18-/m1/s1. The van der Waals surface area contributed by atoms with Gasteiger partial charge in [-0.15, -0.1) is 0 Å². The molecule has 8 nitrogen and oxygen atoms in total. The summed E-state index contributed by atoms with van der Waals surface area (Å²) in [5.74, 6) is 0.587. The highest BCUT2D eigenvalue weighted by atomic mass is 32.1. The molecule has 0 spiro atoms. The highest BCUT2D eigenvalue weighted by Crippen LogP contribution is 2.31. The average molecular weight is 411 g/mol. The largest absolute Gasteiger partial charge is 0.383 e. The first kappa shape index (κ1) is 20.5. The van der Waals surface area contributed by atoms with E-state index in [-0.39, 0.29) is 5.91 Å². The van der Waals surface area contributed by atoms with Crippen LogP contribution in [0.2, 0.25) is 0 Å². The van der Waals surface area contributed by atoms with Gasteiger partial charge < -0.3 is 24.8 Å². The van der Waals surface area contributed by atoms with E-state index in [2.05, 4.69) is 21.9 Å². The first-order chi connectivity index (χ1) is 13.9. The fourth-order valence-corrected chi connectivity index (χ4v) is 3.52. The van der Waals surface area contributed by atoms with Gasteiger partial charge >= 0.3 is 0 Å². The van der Waals surface area contributed by atoms with Crippen LogP contribution in [-0.2, 0) is 9.53 Å². The number of benzene rings is 1. The third-order valence-electron chi connectivity index (χ3n) is 4.58. The maximum absolute atomic E-state index is 13.2. The SMILES string of the molecule is COCCN1C(=S)N[C@H](c2cccc(C#N)c2)C(C(=O)Nc2cc(C)on2)=C1C. The molecule has 2 N–H and O–H groups in total. The Balaban J connectivity index is 2.03. The van der Waals surface area contributed by atoms with Gasteiger partial charge in [-0.3, -0.25) is 4.79 Å². The van der Waals surface area contributed by atoms with Gasteiger partial charge in [0.25, 0.3) is 5.91 Å². The summed E-state index contributed by atoms with van der Waals surface area (Å²) in [5, 5.41) is 19.6. The zero-order valence-electron chi connectivity index (χ0n) is 16.4. The Bertz CT molecular complexity index is 1010. The first-order valence-corrected chi connectivity index (χ1v) is 9.38. The molecule has 29 heavy (non-hydrogen) atoms. The van der Waals surface area contributed by atoms with E-state index in [4.69, 9.17) is 21.5 Å². The molecule has 0 saturated carbocycles. The number of nitriles is 1. The minimum absolute atomic E-state index is 0.328. The van der Waals surface area contributed by atoms with E-state index in [1.54, 1.807) is 38.3 Å². The molecule has 0 unspecified atom stereocenters. The molecule has 2 aromatic rings. The van der Waals surface area contributed by atoms with Crippen LogP contribution in [0.1, 0.15) is 29.9 Å². The molecule has 9 heteroatoms. The van der Waals surface area contributed by atoms with Crippen LogP contribution in [0.5, 0.6) is 0 Å². The normalized spacial score (nSPS) is 16.4. The second-order valence-electron chi connectivity index (χ2n) is 6.54. The molecule has 2 heterocycles. The molecule has 3 rings (SSSR count). The summed E-state index contributed by atoms with van der Waals surface area (Å²) < 4.78 is 10.2. The number of nitrogens with zero attached hydrogens (tertiary/aromatic N) is 3.